The number of nitrogens with one attached hydrogen (secondary N) is 2. The normalized spacial score (nSPS) is 10.6. The van der Waals surface area contributed by atoms with Gasteiger partial charge in [-0.2, -0.15) is 0 Å². The zero-order chi connectivity index (χ0) is 18.9. The number of amides is 2. The minimum atomic E-state index is -0.423. The van der Waals surface area contributed by atoms with E-state index in [-0.39, 0.29) is 18.2 Å². The van der Waals surface area contributed by atoms with E-state index in [2.05, 4.69) is 10.7 Å². The summed E-state index contributed by atoms with van der Waals surface area (Å²) in [5, 5.41) is 4.37. The number of hydrazine groups is 1. The first kappa shape index (κ1) is 18.4. The van der Waals surface area contributed by atoms with Crippen molar-refractivity contribution in [3.05, 3.63) is 95.9 Å². The predicted octanol–water partition coefficient (Wildman–Crippen LogP) is 2.74. The van der Waals surface area contributed by atoms with Crippen LogP contribution in [0, 0.1) is 0 Å². The van der Waals surface area contributed by atoms with Crippen LogP contribution in [0.5, 0.6) is 0 Å². The molecule has 27 heavy (non-hydrogen) atoms. The lowest BCUT2D eigenvalue weighted by Crippen LogP contribution is -2.46. The summed E-state index contributed by atoms with van der Waals surface area (Å²) in [5.41, 5.74) is 5.02. The molecular weight excluding hydrogens is 342 g/mol. The van der Waals surface area contributed by atoms with E-state index in [9.17, 15) is 9.59 Å². The molecule has 0 bridgehead atoms. The van der Waals surface area contributed by atoms with Crippen molar-refractivity contribution >= 4 is 11.8 Å². The molecule has 0 aliphatic heterocycles. The van der Waals surface area contributed by atoms with Crippen LogP contribution in [0.15, 0.2) is 83.5 Å². The highest BCUT2D eigenvalue weighted by Crippen LogP contribution is 2.08. The largest absolute Gasteiger partial charge is 0.459 e. The summed E-state index contributed by atoms with van der Waals surface area (Å²) in [5.74, 6) is -0.553. The second kappa shape index (κ2) is 9.35. The van der Waals surface area contributed by atoms with E-state index in [1.807, 2.05) is 65.7 Å². The number of hydrogen-bond donors (Lipinski definition) is 2. The van der Waals surface area contributed by atoms with Crippen LogP contribution in [-0.2, 0) is 17.9 Å². The van der Waals surface area contributed by atoms with Crippen molar-refractivity contribution in [1.82, 2.24) is 15.8 Å². The van der Waals surface area contributed by atoms with Crippen LogP contribution in [-0.4, -0.2) is 23.4 Å². The van der Waals surface area contributed by atoms with Crippen molar-refractivity contribution in [3.8, 4) is 0 Å². The van der Waals surface area contributed by atoms with E-state index >= 15 is 0 Å². The standard InChI is InChI=1S/C21H21N3O3/c25-20(14-22-21(26)19-12-7-13-27-19)23-24(15-17-8-3-1-4-9-17)16-18-10-5-2-6-11-18/h1-13H,14-16H2,(H,22,26)(H,23,25). The van der Waals surface area contributed by atoms with Crippen molar-refractivity contribution in [1.29, 1.82) is 0 Å². The maximum absolute atomic E-state index is 12.3. The van der Waals surface area contributed by atoms with Crippen molar-refractivity contribution in [2.45, 2.75) is 13.1 Å². The molecular formula is C21H21N3O3. The highest BCUT2D eigenvalue weighted by Gasteiger charge is 2.13. The van der Waals surface area contributed by atoms with Crippen LogP contribution in [0.4, 0.5) is 0 Å². The summed E-state index contributed by atoms with van der Waals surface area (Å²) in [4.78, 5) is 24.2. The zero-order valence-corrected chi connectivity index (χ0v) is 14.8. The molecule has 0 saturated carbocycles. The molecule has 1 heterocycles. The quantitative estimate of drug-likeness (QED) is 0.604. The van der Waals surface area contributed by atoms with Crippen molar-refractivity contribution in [3.63, 3.8) is 0 Å². The van der Waals surface area contributed by atoms with Crippen LogP contribution in [0.3, 0.4) is 0 Å². The minimum absolute atomic E-state index is 0.139. The molecule has 0 spiro atoms. The Balaban J connectivity index is 1.59. The fourth-order valence-electron chi connectivity index (χ4n) is 2.61. The van der Waals surface area contributed by atoms with Gasteiger partial charge in [0, 0.05) is 13.1 Å². The van der Waals surface area contributed by atoms with E-state index in [1.165, 1.54) is 6.26 Å². The smallest absolute Gasteiger partial charge is 0.287 e. The van der Waals surface area contributed by atoms with Crippen molar-refractivity contribution in [2.75, 3.05) is 6.54 Å². The molecule has 6 nitrogen and oxygen atoms in total. The second-order valence-corrected chi connectivity index (χ2v) is 6.02. The van der Waals surface area contributed by atoms with E-state index in [0.29, 0.717) is 13.1 Å². The Bertz CT molecular complexity index is 807. The van der Waals surface area contributed by atoms with Gasteiger partial charge in [0.1, 0.15) is 0 Å². The molecule has 0 fully saturated rings. The highest BCUT2D eigenvalue weighted by molar-refractivity contribution is 5.94. The Morgan fingerprint density at radius 2 is 1.41 bits per heavy atom. The molecule has 0 atom stereocenters. The molecule has 3 rings (SSSR count). The monoisotopic (exact) mass is 363 g/mol. The predicted molar refractivity (Wildman–Crippen MR) is 101 cm³/mol. The summed E-state index contributed by atoms with van der Waals surface area (Å²) in [6.07, 6.45) is 1.41. The molecule has 0 radical (unpaired) electrons. The maximum Gasteiger partial charge on any atom is 0.287 e. The SMILES string of the molecule is O=C(CNC(=O)c1ccco1)NN(Cc1ccccc1)Cc1ccccc1. The topological polar surface area (TPSA) is 74.6 Å². The van der Waals surface area contributed by atoms with Crippen LogP contribution in [0.1, 0.15) is 21.7 Å². The Morgan fingerprint density at radius 1 is 0.815 bits per heavy atom. The average Bonchev–Trinajstić information content (AvgIpc) is 3.22. The van der Waals surface area contributed by atoms with Crippen molar-refractivity contribution < 1.29 is 14.0 Å². The molecule has 0 saturated heterocycles. The number of rotatable bonds is 8. The summed E-state index contributed by atoms with van der Waals surface area (Å²) in [6.45, 7) is 0.959. The molecule has 6 heteroatoms. The Kier molecular flexibility index (Phi) is 6.38. The fraction of sp³-hybridized carbons (Fsp3) is 0.143. The highest BCUT2D eigenvalue weighted by atomic mass is 16.3. The van der Waals surface area contributed by atoms with Gasteiger partial charge in [0.05, 0.1) is 12.8 Å². The van der Waals surface area contributed by atoms with Gasteiger partial charge in [0.25, 0.3) is 11.8 Å². The van der Waals surface area contributed by atoms with E-state index in [4.69, 9.17) is 4.42 Å². The van der Waals surface area contributed by atoms with Gasteiger partial charge in [-0.1, -0.05) is 60.7 Å². The molecule has 0 aliphatic carbocycles. The van der Waals surface area contributed by atoms with Gasteiger partial charge >= 0.3 is 0 Å². The second-order valence-electron chi connectivity index (χ2n) is 6.02. The summed E-state index contributed by atoms with van der Waals surface area (Å²) < 4.78 is 5.01. The third-order valence-electron chi connectivity index (χ3n) is 3.87. The molecule has 3 aromatic rings. The number of carbonyl (C=O) groups is 2. The Hall–Kier alpha value is -3.38. The lowest BCUT2D eigenvalue weighted by Gasteiger charge is -2.23. The van der Waals surface area contributed by atoms with E-state index < -0.39 is 5.91 Å². The number of benzene rings is 2. The molecule has 2 amide bonds. The number of nitrogens with zero attached hydrogens (tertiary/aromatic N) is 1. The van der Waals surface area contributed by atoms with Gasteiger partial charge < -0.3 is 9.73 Å². The van der Waals surface area contributed by atoms with Crippen molar-refractivity contribution in [2.24, 2.45) is 0 Å². The number of furan rings is 1. The minimum Gasteiger partial charge on any atom is -0.459 e. The van der Waals surface area contributed by atoms with Gasteiger partial charge in [-0.05, 0) is 23.3 Å². The summed E-state index contributed by atoms with van der Waals surface area (Å²) >= 11 is 0. The molecule has 0 unspecified atom stereocenters. The molecule has 2 N–H and O–H groups in total. The lowest BCUT2D eigenvalue weighted by atomic mass is 10.2. The van der Waals surface area contributed by atoms with Crippen LogP contribution < -0.4 is 10.7 Å². The fourth-order valence-corrected chi connectivity index (χ4v) is 2.61. The molecule has 2 aromatic carbocycles. The van der Waals surface area contributed by atoms with Gasteiger partial charge in [0.2, 0.25) is 0 Å². The Morgan fingerprint density at radius 3 is 1.93 bits per heavy atom. The number of hydrogen-bond acceptors (Lipinski definition) is 4. The first-order chi connectivity index (χ1) is 13.2. The van der Waals surface area contributed by atoms with Gasteiger partial charge in [-0.25, -0.2) is 5.01 Å². The zero-order valence-electron chi connectivity index (χ0n) is 14.8. The summed E-state index contributed by atoms with van der Waals surface area (Å²) in [7, 11) is 0. The maximum atomic E-state index is 12.3. The first-order valence-electron chi connectivity index (χ1n) is 8.65. The van der Waals surface area contributed by atoms with Crippen LogP contribution in [0.25, 0.3) is 0 Å². The Labute approximate surface area is 157 Å². The summed E-state index contributed by atoms with van der Waals surface area (Å²) in [6, 6.07) is 22.9. The average molecular weight is 363 g/mol. The lowest BCUT2D eigenvalue weighted by molar-refractivity contribution is -0.125. The van der Waals surface area contributed by atoms with Crippen LogP contribution >= 0.6 is 0 Å². The first-order valence-corrected chi connectivity index (χ1v) is 8.65. The van der Waals surface area contributed by atoms with E-state index in [1.54, 1.807) is 12.1 Å². The van der Waals surface area contributed by atoms with Gasteiger partial charge in [-0.3, -0.25) is 15.0 Å². The van der Waals surface area contributed by atoms with Gasteiger partial charge in [-0.15, -0.1) is 0 Å². The third kappa shape index (κ3) is 5.83. The number of carbonyl (C=O) groups excluding carboxylic acids is 2. The molecule has 1 aromatic heterocycles. The van der Waals surface area contributed by atoms with Crippen LogP contribution in [0.2, 0.25) is 0 Å². The van der Waals surface area contributed by atoms with E-state index in [0.717, 1.165) is 11.1 Å². The van der Waals surface area contributed by atoms with Gasteiger partial charge in [0.15, 0.2) is 5.76 Å². The molecule has 0 aliphatic rings. The molecule has 138 valence electrons. The third-order valence-corrected chi connectivity index (χ3v) is 3.87.